The molecule has 1 fully saturated rings. The molecule has 0 aliphatic carbocycles. The summed E-state index contributed by atoms with van der Waals surface area (Å²) in [6.45, 7) is 6.07. The minimum Gasteiger partial charge on any atom is -0.293 e. The fourth-order valence-electron chi connectivity index (χ4n) is 2.54. The quantitative estimate of drug-likeness (QED) is 0.793. The Kier molecular flexibility index (Phi) is 4.57. The zero-order valence-electron chi connectivity index (χ0n) is 11.0. The third-order valence-corrected chi connectivity index (χ3v) is 4.23. The zero-order valence-corrected chi connectivity index (χ0v) is 12.6. The van der Waals surface area contributed by atoms with Gasteiger partial charge in [-0.1, -0.05) is 35.0 Å². The topological polar surface area (TPSA) is 20.3 Å². The second kappa shape index (κ2) is 5.98. The molecule has 1 aromatic rings. The lowest BCUT2D eigenvalue weighted by Gasteiger charge is -2.36. The van der Waals surface area contributed by atoms with Crippen molar-refractivity contribution in [2.75, 3.05) is 13.1 Å². The van der Waals surface area contributed by atoms with E-state index in [4.69, 9.17) is 0 Å². The minimum absolute atomic E-state index is 0.220. The van der Waals surface area contributed by atoms with Crippen molar-refractivity contribution in [2.45, 2.75) is 32.7 Å². The molecule has 0 bridgehead atoms. The molecule has 2 rings (SSSR count). The van der Waals surface area contributed by atoms with Crippen molar-refractivity contribution in [3.63, 3.8) is 0 Å². The Hall–Kier alpha value is -0.670. The summed E-state index contributed by atoms with van der Waals surface area (Å²) < 4.78 is 0.966. The van der Waals surface area contributed by atoms with Gasteiger partial charge in [0.15, 0.2) is 5.78 Å². The Morgan fingerprint density at radius 1 is 1.39 bits per heavy atom. The molecule has 0 radical (unpaired) electrons. The van der Waals surface area contributed by atoms with Crippen LogP contribution >= 0.6 is 15.9 Å². The summed E-state index contributed by atoms with van der Waals surface area (Å²) in [4.78, 5) is 14.6. The van der Waals surface area contributed by atoms with Crippen molar-refractivity contribution in [1.82, 2.24) is 4.90 Å². The van der Waals surface area contributed by atoms with E-state index in [1.807, 2.05) is 24.3 Å². The van der Waals surface area contributed by atoms with Crippen LogP contribution in [-0.2, 0) is 0 Å². The summed E-state index contributed by atoms with van der Waals surface area (Å²) in [5, 5.41) is 0. The first-order valence-electron chi connectivity index (χ1n) is 6.59. The average molecular weight is 310 g/mol. The molecular formula is C15H20BrNO. The first kappa shape index (κ1) is 13.8. The van der Waals surface area contributed by atoms with Gasteiger partial charge in [0.1, 0.15) is 0 Å². The molecule has 3 heteroatoms. The Labute approximate surface area is 117 Å². The molecule has 0 spiro atoms. The van der Waals surface area contributed by atoms with E-state index in [0.29, 0.717) is 18.5 Å². The standard InChI is InChI=1S/C15H20BrNO/c1-11-6-7-12(2)17(9-11)10-15(18)13-4-3-5-14(16)8-13/h3-5,8,11-12H,6-7,9-10H2,1-2H3. The fraction of sp³-hybridized carbons (Fsp3) is 0.533. The highest BCUT2D eigenvalue weighted by atomic mass is 79.9. The van der Waals surface area contributed by atoms with E-state index in [2.05, 4.69) is 34.7 Å². The third kappa shape index (κ3) is 3.42. The Balaban J connectivity index is 2.02. The Morgan fingerprint density at radius 2 is 2.17 bits per heavy atom. The van der Waals surface area contributed by atoms with Crippen molar-refractivity contribution >= 4 is 21.7 Å². The molecule has 2 atom stereocenters. The lowest BCUT2D eigenvalue weighted by atomic mass is 9.94. The molecule has 0 aromatic heterocycles. The van der Waals surface area contributed by atoms with Gasteiger partial charge in [-0.25, -0.2) is 0 Å². The highest BCUT2D eigenvalue weighted by molar-refractivity contribution is 9.10. The van der Waals surface area contributed by atoms with Crippen molar-refractivity contribution < 1.29 is 4.79 Å². The molecule has 18 heavy (non-hydrogen) atoms. The average Bonchev–Trinajstić information content (AvgIpc) is 2.34. The molecule has 1 heterocycles. The Morgan fingerprint density at radius 3 is 2.89 bits per heavy atom. The minimum atomic E-state index is 0.220. The fourth-order valence-corrected chi connectivity index (χ4v) is 2.94. The molecule has 1 aliphatic rings. The number of benzene rings is 1. The number of ketones is 1. The van der Waals surface area contributed by atoms with E-state index in [9.17, 15) is 4.79 Å². The summed E-state index contributed by atoms with van der Waals surface area (Å²) in [5.41, 5.74) is 0.801. The molecule has 0 N–H and O–H groups in total. The number of hydrogen-bond donors (Lipinski definition) is 0. The summed E-state index contributed by atoms with van der Waals surface area (Å²) >= 11 is 3.41. The monoisotopic (exact) mass is 309 g/mol. The number of carbonyl (C=O) groups is 1. The van der Waals surface area contributed by atoms with E-state index < -0.39 is 0 Å². The van der Waals surface area contributed by atoms with Crippen molar-refractivity contribution in [2.24, 2.45) is 5.92 Å². The Bertz CT molecular complexity index is 432. The molecule has 98 valence electrons. The van der Waals surface area contributed by atoms with Gasteiger partial charge in [0.25, 0.3) is 0 Å². The van der Waals surface area contributed by atoms with Gasteiger partial charge in [-0.15, -0.1) is 0 Å². The van der Waals surface area contributed by atoms with Gasteiger partial charge < -0.3 is 0 Å². The summed E-state index contributed by atoms with van der Waals surface area (Å²) in [6, 6.07) is 8.19. The van der Waals surface area contributed by atoms with E-state index in [1.165, 1.54) is 12.8 Å². The van der Waals surface area contributed by atoms with E-state index >= 15 is 0 Å². The van der Waals surface area contributed by atoms with E-state index in [1.54, 1.807) is 0 Å². The summed E-state index contributed by atoms with van der Waals surface area (Å²) in [6.07, 6.45) is 2.48. The number of hydrogen-bond acceptors (Lipinski definition) is 2. The molecular weight excluding hydrogens is 290 g/mol. The van der Waals surface area contributed by atoms with Crippen molar-refractivity contribution in [1.29, 1.82) is 0 Å². The smallest absolute Gasteiger partial charge is 0.176 e. The highest BCUT2D eigenvalue weighted by Crippen LogP contribution is 2.22. The second-order valence-electron chi connectivity index (χ2n) is 5.39. The van der Waals surface area contributed by atoms with Crippen LogP contribution in [0, 0.1) is 5.92 Å². The van der Waals surface area contributed by atoms with Gasteiger partial charge >= 0.3 is 0 Å². The largest absolute Gasteiger partial charge is 0.293 e. The second-order valence-corrected chi connectivity index (χ2v) is 6.31. The number of nitrogens with zero attached hydrogens (tertiary/aromatic N) is 1. The van der Waals surface area contributed by atoms with Crippen LogP contribution in [0.1, 0.15) is 37.0 Å². The number of carbonyl (C=O) groups excluding carboxylic acids is 1. The molecule has 0 amide bonds. The zero-order chi connectivity index (χ0) is 13.1. The van der Waals surface area contributed by atoms with Crippen LogP contribution in [0.4, 0.5) is 0 Å². The number of piperidine rings is 1. The van der Waals surface area contributed by atoms with Gasteiger partial charge in [0.05, 0.1) is 6.54 Å². The number of rotatable bonds is 3. The highest BCUT2D eigenvalue weighted by Gasteiger charge is 2.24. The normalized spacial score (nSPS) is 25.1. The van der Waals surface area contributed by atoms with E-state index in [-0.39, 0.29) is 5.78 Å². The van der Waals surface area contributed by atoms with Crippen LogP contribution in [0.3, 0.4) is 0 Å². The van der Waals surface area contributed by atoms with Crippen LogP contribution in [0.15, 0.2) is 28.7 Å². The molecule has 1 aromatic carbocycles. The van der Waals surface area contributed by atoms with Crippen LogP contribution in [0.25, 0.3) is 0 Å². The predicted molar refractivity (Wildman–Crippen MR) is 77.9 cm³/mol. The predicted octanol–water partition coefficient (Wildman–Crippen LogP) is 3.75. The molecule has 0 saturated carbocycles. The van der Waals surface area contributed by atoms with E-state index in [0.717, 1.165) is 16.6 Å². The lowest BCUT2D eigenvalue weighted by Crippen LogP contribution is -2.43. The van der Waals surface area contributed by atoms with Gasteiger partial charge in [-0.2, -0.15) is 0 Å². The molecule has 2 unspecified atom stereocenters. The van der Waals surface area contributed by atoms with Gasteiger partial charge in [0, 0.05) is 22.6 Å². The maximum Gasteiger partial charge on any atom is 0.176 e. The van der Waals surface area contributed by atoms with Crippen LogP contribution in [0.2, 0.25) is 0 Å². The maximum atomic E-state index is 12.3. The number of halogens is 1. The molecule has 1 aliphatic heterocycles. The first-order chi connectivity index (χ1) is 8.56. The lowest BCUT2D eigenvalue weighted by molar-refractivity contribution is 0.0805. The maximum absolute atomic E-state index is 12.3. The van der Waals surface area contributed by atoms with Crippen molar-refractivity contribution in [3.05, 3.63) is 34.3 Å². The number of likely N-dealkylation sites (tertiary alicyclic amines) is 1. The van der Waals surface area contributed by atoms with Gasteiger partial charge in [0.2, 0.25) is 0 Å². The third-order valence-electron chi connectivity index (χ3n) is 3.74. The summed E-state index contributed by atoms with van der Waals surface area (Å²) in [5.74, 6) is 0.925. The number of Topliss-reactive ketones (excluding diaryl/α,β-unsaturated/α-hetero) is 1. The van der Waals surface area contributed by atoms with Crippen LogP contribution in [-0.4, -0.2) is 29.8 Å². The van der Waals surface area contributed by atoms with Crippen LogP contribution < -0.4 is 0 Å². The summed E-state index contributed by atoms with van der Waals surface area (Å²) in [7, 11) is 0. The SMILES string of the molecule is CC1CCC(C)N(CC(=O)c2cccc(Br)c2)C1. The van der Waals surface area contributed by atoms with Crippen molar-refractivity contribution in [3.8, 4) is 0 Å². The first-order valence-corrected chi connectivity index (χ1v) is 7.38. The molecule has 2 nitrogen and oxygen atoms in total. The van der Waals surface area contributed by atoms with Crippen LogP contribution in [0.5, 0.6) is 0 Å². The molecule has 1 saturated heterocycles. The van der Waals surface area contributed by atoms with Gasteiger partial charge in [-0.05, 0) is 37.8 Å². The van der Waals surface area contributed by atoms with Gasteiger partial charge in [-0.3, -0.25) is 9.69 Å².